The molecule has 0 saturated heterocycles. The summed E-state index contributed by atoms with van der Waals surface area (Å²) in [5.74, 6) is -2.47. The highest BCUT2D eigenvalue weighted by molar-refractivity contribution is 6.38. The standard InChI is InChI=1S/C12H14O5/c1-2-3-4-9-5-8(7-17-9)10(13)6-11(14)12(15)16/h5-7,13H,2-4H2,1H3,(H,15,16). The molecule has 0 aliphatic rings. The number of carboxylic acid groups (broad SMARTS) is 1. The average molecular weight is 238 g/mol. The molecular weight excluding hydrogens is 224 g/mol. The third-order valence-electron chi connectivity index (χ3n) is 2.20. The molecule has 0 unspecified atom stereocenters. The minimum Gasteiger partial charge on any atom is -0.507 e. The lowest BCUT2D eigenvalue weighted by Gasteiger charge is -1.93. The summed E-state index contributed by atoms with van der Waals surface area (Å²) in [5.41, 5.74) is 0.311. The van der Waals surface area contributed by atoms with E-state index in [2.05, 4.69) is 0 Å². The molecule has 5 nitrogen and oxygen atoms in total. The fourth-order valence-electron chi connectivity index (χ4n) is 1.27. The number of unbranched alkanes of at least 4 members (excludes halogenated alkanes) is 1. The van der Waals surface area contributed by atoms with Crippen LogP contribution in [0.4, 0.5) is 0 Å². The summed E-state index contributed by atoms with van der Waals surface area (Å²) in [7, 11) is 0. The number of carbonyl (C=O) groups is 2. The van der Waals surface area contributed by atoms with Crippen LogP contribution in [0.1, 0.15) is 31.1 Å². The van der Waals surface area contributed by atoms with Gasteiger partial charge < -0.3 is 14.6 Å². The van der Waals surface area contributed by atoms with Gasteiger partial charge in [0.25, 0.3) is 5.78 Å². The Kier molecular flexibility index (Phi) is 4.51. The molecule has 0 amide bonds. The van der Waals surface area contributed by atoms with Gasteiger partial charge in [0.1, 0.15) is 17.8 Å². The molecule has 0 aliphatic carbocycles. The summed E-state index contributed by atoms with van der Waals surface area (Å²) in [6.45, 7) is 2.05. The molecule has 0 bridgehead atoms. The molecule has 0 radical (unpaired) electrons. The molecular formula is C12H14O5. The van der Waals surface area contributed by atoms with E-state index in [9.17, 15) is 14.7 Å². The highest BCUT2D eigenvalue weighted by atomic mass is 16.4. The van der Waals surface area contributed by atoms with Crippen LogP contribution in [0.3, 0.4) is 0 Å². The minimum atomic E-state index is -1.61. The molecule has 5 heteroatoms. The summed E-state index contributed by atoms with van der Waals surface area (Å²) in [6.07, 6.45) is 4.69. The van der Waals surface area contributed by atoms with Crippen molar-refractivity contribution in [3.8, 4) is 0 Å². The van der Waals surface area contributed by atoms with Gasteiger partial charge in [-0.1, -0.05) is 13.3 Å². The summed E-state index contributed by atoms with van der Waals surface area (Å²) in [4.78, 5) is 21.1. The first kappa shape index (κ1) is 13.0. The maximum atomic E-state index is 10.8. The number of hydrogen-bond acceptors (Lipinski definition) is 4. The van der Waals surface area contributed by atoms with Gasteiger partial charge in [-0.25, -0.2) is 4.79 Å². The average Bonchev–Trinajstić information content (AvgIpc) is 2.74. The zero-order valence-corrected chi connectivity index (χ0v) is 9.47. The summed E-state index contributed by atoms with van der Waals surface area (Å²) >= 11 is 0. The zero-order chi connectivity index (χ0) is 12.8. The van der Waals surface area contributed by atoms with Crippen LogP contribution in [-0.4, -0.2) is 22.0 Å². The monoisotopic (exact) mass is 238 g/mol. The molecule has 92 valence electrons. The second-order valence-electron chi connectivity index (χ2n) is 3.60. The van der Waals surface area contributed by atoms with Gasteiger partial charge in [-0.2, -0.15) is 0 Å². The van der Waals surface area contributed by atoms with Crippen molar-refractivity contribution in [1.29, 1.82) is 0 Å². The fourth-order valence-corrected chi connectivity index (χ4v) is 1.27. The number of aliphatic hydroxyl groups is 1. The number of aliphatic hydroxyl groups excluding tert-OH is 1. The molecule has 2 N–H and O–H groups in total. The van der Waals surface area contributed by atoms with E-state index in [4.69, 9.17) is 9.52 Å². The fraction of sp³-hybridized carbons (Fsp3) is 0.333. The van der Waals surface area contributed by atoms with Crippen LogP contribution in [0, 0.1) is 0 Å². The van der Waals surface area contributed by atoms with E-state index in [-0.39, 0.29) is 0 Å². The van der Waals surface area contributed by atoms with E-state index >= 15 is 0 Å². The van der Waals surface area contributed by atoms with Crippen molar-refractivity contribution in [1.82, 2.24) is 0 Å². The highest BCUT2D eigenvalue weighted by Gasteiger charge is 2.12. The number of carbonyl (C=O) groups excluding carboxylic acids is 1. The first-order valence-electron chi connectivity index (χ1n) is 5.30. The smallest absolute Gasteiger partial charge is 0.376 e. The van der Waals surface area contributed by atoms with Gasteiger partial charge in [0.05, 0.1) is 5.56 Å². The van der Waals surface area contributed by atoms with Crippen molar-refractivity contribution in [2.45, 2.75) is 26.2 Å². The van der Waals surface area contributed by atoms with Crippen molar-refractivity contribution in [2.24, 2.45) is 0 Å². The topological polar surface area (TPSA) is 87.7 Å². The van der Waals surface area contributed by atoms with E-state index < -0.39 is 17.5 Å². The van der Waals surface area contributed by atoms with Crippen LogP contribution < -0.4 is 0 Å². The first-order chi connectivity index (χ1) is 8.04. The summed E-state index contributed by atoms with van der Waals surface area (Å²) < 4.78 is 5.17. The molecule has 1 heterocycles. The number of rotatable bonds is 6. The second-order valence-corrected chi connectivity index (χ2v) is 3.60. The van der Waals surface area contributed by atoms with Gasteiger partial charge in [-0.15, -0.1) is 0 Å². The number of aliphatic carboxylic acids is 1. The van der Waals surface area contributed by atoms with E-state index in [1.165, 1.54) is 6.26 Å². The third kappa shape index (κ3) is 3.79. The number of carboxylic acids is 1. The molecule has 0 aliphatic heterocycles. The Morgan fingerprint density at radius 3 is 2.71 bits per heavy atom. The number of furan rings is 1. The van der Waals surface area contributed by atoms with Gasteiger partial charge in [0.2, 0.25) is 0 Å². The van der Waals surface area contributed by atoms with Gasteiger partial charge in [0.15, 0.2) is 0 Å². The molecule has 1 rings (SSSR count). The maximum absolute atomic E-state index is 10.8. The van der Waals surface area contributed by atoms with E-state index in [0.29, 0.717) is 17.4 Å². The van der Waals surface area contributed by atoms with Crippen molar-refractivity contribution >= 4 is 17.5 Å². The van der Waals surface area contributed by atoms with Crippen molar-refractivity contribution in [3.05, 3.63) is 29.7 Å². The van der Waals surface area contributed by atoms with Crippen molar-refractivity contribution < 1.29 is 24.2 Å². The highest BCUT2D eigenvalue weighted by Crippen LogP contribution is 2.17. The number of aryl methyl sites for hydroxylation is 1. The molecule has 0 saturated carbocycles. The summed E-state index contributed by atoms with van der Waals surface area (Å²) in [6, 6.07) is 1.59. The molecule has 17 heavy (non-hydrogen) atoms. The maximum Gasteiger partial charge on any atom is 0.376 e. The predicted molar refractivity (Wildman–Crippen MR) is 60.6 cm³/mol. The van der Waals surface area contributed by atoms with Crippen LogP contribution in [0.2, 0.25) is 0 Å². The van der Waals surface area contributed by atoms with Crippen molar-refractivity contribution in [3.63, 3.8) is 0 Å². The Morgan fingerprint density at radius 1 is 1.41 bits per heavy atom. The lowest BCUT2D eigenvalue weighted by atomic mass is 10.2. The van der Waals surface area contributed by atoms with E-state index in [1.807, 2.05) is 6.92 Å². The number of ketones is 1. The predicted octanol–water partition coefficient (Wildman–Crippen LogP) is 2.17. The minimum absolute atomic E-state index is 0.311. The second kappa shape index (κ2) is 5.89. The van der Waals surface area contributed by atoms with Gasteiger partial charge in [0, 0.05) is 12.5 Å². The lowest BCUT2D eigenvalue weighted by Crippen LogP contribution is -2.09. The largest absolute Gasteiger partial charge is 0.507 e. The van der Waals surface area contributed by atoms with Crippen LogP contribution >= 0.6 is 0 Å². The quantitative estimate of drug-likeness (QED) is 0.450. The Morgan fingerprint density at radius 2 is 2.12 bits per heavy atom. The zero-order valence-electron chi connectivity index (χ0n) is 9.47. The van der Waals surface area contributed by atoms with Crippen LogP contribution in [0.15, 0.2) is 22.8 Å². The molecule has 0 aromatic carbocycles. The van der Waals surface area contributed by atoms with Crippen LogP contribution in [0.5, 0.6) is 0 Å². The molecule has 1 aromatic heterocycles. The molecule has 0 fully saturated rings. The Labute approximate surface area is 98.4 Å². The molecule has 0 spiro atoms. The first-order valence-corrected chi connectivity index (χ1v) is 5.30. The van der Waals surface area contributed by atoms with E-state index in [1.54, 1.807) is 6.07 Å². The Bertz CT molecular complexity index is 442. The SMILES string of the molecule is CCCCc1cc(C(O)=CC(=O)C(=O)O)co1. The third-order valence-corrected chi connectivity index (χ3v) is 2.20. The number of hydrogen-bond donors (Lipinski definition) is 2. The lowest BCUT2D eigenvalue weighted by molar-refractivity contribution is -0.146. The van der Waals surface area contributed by atoms with Gasteiger partial charge >= 0.3 is 5.97 Å². The van der Waals surface area contributed by atoms with Crippen LogP contribution in [-0.2, 0) is 16.0 Å². The Balaban J connectivity index is 2.75. The van der Waals surface area contributed by atoms with Gasteiger partial charge in [-0.3, -0.25) is 4.79 Å². The molecule has 0 atom stereocenters. The van der Waals surface area contributed by atoms with E-state index in [0.717, 1.165) is 19.3 Å². The molecule has 1 aromatic rings. The summed E-state index contributed by atoms with van der Waals surface area (Å²) in [5, 5.41) is 17.9. The van der Waals surface area contributed by atoms with Crippen molar-refractivity contribution in [2.75, 3.05) is 0 Å². The van der Waals surface area contributed by atoms with Gasteiger partial charge in [-0.05, 0) is 12.5 Å². The van der Waals surface area contributed by atoms with Crippen LogP contribution in [0.25, 0.3) is 5.76 Å². The Hall–Kier alpha value is -2.04. The normalized spacial score (nSPS) is 11.5.